The monoisotopic (exact) mass is 252 g/mol. The number of hydrogen-bond donors (Lipinski definition) is 2. The van der Waals surface area contributed by atoms with Gasteiger partial charge >= 0.3 is 0 Å². The second-order valence-electron chi connectivity index (χ2n) is 4.35. The molecule has 2 rings (SSSR count). The number of piperidine rings is 1. The Balaban J connectivity index is 2.12. The number of likely N-dealkylation sites (tertiary alicyclic amines) is 1. The molecule has 0 radical (unpaired) electrons. The minimum Gasteiger partial charge on any atom is -0.381 e. The highest BCUT2D eigenvalue weighted by molar-refractivity contribution is 5.79. The van der Waals surface area contributed by atoms with Gasteiger partial charge in [0.05, 0.1) is 6.10 Å². The summed E-state index contributed by atoms with van der Waals surface area (Å²) < 4.78 is 19.7. The molecule has 0 atom stereocenters. The maximum absolute atomic E-state index is 13.2. The Labute approximate surface area is 105 Å². The molecule has 1 saturated heterocycles. The minimum atomic E-state index is -0.442. The number of nitrogens with one attached hydrogen (secondary N) is 2. The third kappa shape index (κ3) is 2.59. The van der Waals surface area contributed by atoms with Gasteiger partial charge in [-0.25, -0.2) is 4.39 Å². The number of nitrogens with zero attached hydrogens (tertiary/aromatic N) is 2. The SMILES string of the molecule is COC1CCN(C(=N)n2cc(F)ccc2=N)CC1. The predicted octanol–water partition coefficient (Wildman–Crippen LogP) is 1.00. The summed E-state index contributed by atoms with van der Waals surface area (Å²) >= 11 is 0. The standard InChI is InChI=1S/C12H17FN4O/c1-18-10-4-6-16(7-5-10)12(15)17-8-9(13)2-3-11(17)14/h2-3,8,10,14-15H,4-7H2,1H3. The summed E-state index contributed by atoms with van der Waals surface area (Å²) in [5.74, 6) is -0.295. The molecule has 5 nitrogen and oxygen atoms in total. The number of aromatic nitrogens is 1. The molecule has 18 heavy (non-hydrogen) atoms. The molecule has 0 spiro atoms. The molecule has 1 aromatic rings. The lowest BCUT2D eigenvalue weighted by Crippen LogP contribution is -2.45. The van der Waals surface area contributed by atoms with Crippen molar-refractivity contribution >= 4 is 5.96 Å². The molecular weight excluding hydrogens is 235 g/mol. The van der Waals surface area contributed by atoms with Crippen LogP contribution in [0, 0.1) is 16.6 Å². The number of methoxy groups -OCH3 is 1. The first-order valence-corrected chi connectivity index (χ1v) is 5.91. The first-order valence-electron chi connectivity index (χ1n) is 5.91. The Morgan fingerprint density at radius 1 is 1.39 bits per heavy atom. The van der Waals surface area contributed by atoms with Gasteiger partial charge in [0.2, 0.25) is 5.96 Å². The van der Waals surface area contributed by atoms with Crippen molar-refractivity contribution in [2.24, 2.45) is 0 Å². The molecule has 1 aliphatic rings. The fraction of sp³-hybridized carbons (Fsp3) is 0.500. The van der Waals surface area contributed by atoms with Crippen LogP contribution in [-0.4, -0.2) is 41.7 Å². The van der Waals surface area contributed by atoms with E-state index >= 15 is 0 Å². The molecule has 0 aromatic carbocycles. The van der Waals surface area contributed by atoms with Crippen molar-refractivity contribution in [1.82, 2.24) is 9.47 Å². The maximum Gasteiger partial charge on any atom is 0.203 e. The molecule has 6 heteroatoms. The van der Waals surface area contributed by atoms with Crippen molar-refractivity contribution in [3.63, 3.8) is 0 Å². The Bertz CT molecular complexity index is 491. The van der Waals surface area contributed by atoms with E-state index < -0.39 is 5.82 Å². The van der Waals surface area contributed by atoms with Crippen LogP contribution in [0.15, 0.2) is 18.3 Å². The van der Waals surface area contributed by atoms with Crippen LogP contribution in [0.4, 0.5) is 4.39 Å². The van der Waals surface area contributed by atoms with Gasteiger partial charge in [0.15, 0.2) is 0 Å². The highest BCUT2D eigenvalue weighted by Crippen LogP contribution is 2.13. The Kier molecular flexibility index (Phi) is 3.76. The molecule has 0 aliphatic carbocycles. The van der Waals surface area contributed by atoms with E-state index in [1.165, 1.54) is 22.9 Å². The summed E-state index contributed by atoms with van der Waals surface area (Å²) in [5.41, 5.74) is 0.107. The van der Waals surface area contributed by atoms with Gasteiger partial charge in [0, 0.05) is 26.4 Å². The zero-order valence-electron chi connectivity index (χ0n) is 10.3. The fourth-order valence-electron chi connectivity index (χ4n) is 2.11. The van der Waals surface area contributed by atoms with Gasteiger partial charge in [0.1, 0.15) is 11.3 Å². The van der Waals surface area contributed by atoms with Crippen LogP contribution in [0.25, 0.3) is 0 Å². The lowest BCUT2D eigenvalue weighted by Gasteiger charge is -2.33. The zero-order chi connectivity index (χ0) is 13.1. The van der Waals surface area contributed by atoms with Crippen molar-refractivity contribution in [2.45, 2.75) is 18.9 Å². The van der Waals surface area contributed by atoms with Crippen LogP contribution in [0.2, 0.25) is 0 Å². The van der Waals surface area contributed by atoms with E-state index in [1.54, 1.807) is 7.11 Å². The third-order valence-electron chi connectivity index (χ3n) is 3.22. The summed E-state index contributed by atoms with van der Waals surface area (Å²) in [6.07, 6.45) is 3.11. The van der Waals surface area contributed by atoms with Crippen molar-refractivity contribution < 1.29 is 9.13 Å². The van der Waals surface area contributed by atoms with Gasteiger partial charge in [-0.1, -0.05) is 0 Å². The average Bonchev–Trinajstić information content (AvgIpc) is 2.41. The summed E-state index contributed by atoms with van der Waals surface area (Å²) in [4.78, 5) is 1.84. The first kappa shape index (κ1) is 12.8. The van der Waals surface area contributed by atoms with Crippen LogP contribution in [0.5, 0.6) is 0 Å². The van der Waals surface area contributed by atoms with E-state index in [9.17, 15) is 4.39 Å². The van der Waals surface area contributed by atoms with Crippen LogP contribution in [-0.2, 0) is 4.74 Å². The van der Waals surface area contributed by atoms with Crippen LogP contribution < -0.4 is 5.49 Å². The molecule has 2 N–H and O–H groups in total. The third-order valence-corrected chi connectivity index (χ3v) is 3.22. The smallest absolute Gasteiger partial charge is 0.203 e. The Morgan fingerprint density at radius 3 is 2.67 bits per heavy atom. The molecule has 98 valence electrons. The molecule has 1 fully saturated rings. The number of ether oxygens (including phenoxy) is 1. The van der Waals surface area contributed by atoms with Gasteiger partial charge in [0.25, 0.3) is 0 Å². The number of rotatable bonds is 1. The highest BCUT2D eigenvalue weighted by Gasteiger charge is 2.21. The summed E-state index contributed by atoms with van der Waals surface area (Å²) in [6, 6.07) is 2.58. The fourth-order valence-corrected chi connectivity index (χ4v) is 2.11. The van der Waals surface area contributed by atoms with Crippen LogP contribution >= 0.6 is 0 Å². The van der Waals surface area contributed by atoms with Gasteiger partial charge in [-0.15, -0.1) is 0 Å². The van der Waals surface area contributed by atoms with Crippen molar-refractivity contribution in [3.8, 4) is 0 Å². The quantitative estimate of drug-likeness (QED) is 0.578. The van der Waals surface area contributed by atoms with Crippen LogP contribution in [0.1, 0.15) is 12.8 Å². The number of halogens is 1. The zero-order valence-corrected chi connectivity index (χ0v) is 10.3. The second-order valence-corrected chi connectivity index (χ2v) is 4.35. The molecule has 2 heterocycles. The molecule has 1 aliphatic heterocycles. The van der Waals surface area contributed by atoms with E-state index in [0.29, 0.717) is 13.1 Å². The molecular formula is C12H17FN4O. The van der Waals surface area contributed by atoms with E-state index in [4.69, 9.17) is 15.6 Å². The average molecular weight is 252 g/mol. The first-order chi connectivity index (χ1) is 8.61. The predicted molar refractivity (Wildman–Crippen MR) is 65.0 cm³/mol. The van der Waals surface area contributed by atoms with Gasteiger partial charge in [-0.3, -0.25) is 15.4 Å². The molecule has 0 amide bonds. The highest BCUT2D eigenvalue weighted by atomic mass is 19.1. The second kappa shape index (κ2) is 5.30. The molecule has 0 bridgehead atoms. The number of pyridine rings is 1. The van der Waals surface area contributed by atoms with Gasteiger partial charge in [-0.2, -0.15) is 0 Å². The van der Waals surface area contributed by atoms with E-state index in [2.05, 4.69) is 0 Å². The largest absolute Gasteiger partial charge is 0.381 e. The summed E-state index contributed by atoms with van der Waals surface area (Å²) in [5, 5.41) is 15.7. The van der Waals surface area contributed by atoms with Crippen LogP contribution in [0.3, 0.4) is 0 Å². The minimum absolute atomic E-state index is 0.107. The van der Waals surface area contributed by atoms with Gasteiger partial charge in [-0.05, 0) is 25.0 Å². The van der Waals surface area contributed by atoms with Crippen molar-refractivity contribution in [1.29, 1.82) is 10.8 Å². The Hall–Kier alpha value is -1.69. The summed E-state index contributed by atoms with van der Waals surface area (Å²) in [7, 11) is 1.69. The van der Waals surface area contributed by atoms with Gasteiger partial charge < -0.3 is 9.64 Å². The maximum atomic E-state index is 13.2. The van der Waals surface area contributed by atoms with E-state index in [0.717, 1.165) is 12.8 Å². The van der Waals surface area contributed by atoms with Crippen molar-refractivity contribution in [2.75, 3.05) is 20.2 Å². The number of hydrogen-bond acceptors (Lipinski definition) is 3. The lowest BCUT2D eigenvalue weighted by atomic mass is 10.1. The normalized spacial score (nSPS) is 16.9. The molecule has 0 unspecified atom stereocenters. The van der Waals surface area contributed by atoms with Crippen molar-refractivity contribution in [3.05, 3.63) is 29.6 Å². The summed E-state index contributed by atoms with van der Waals surface area (Å²) in [6.45, 7) is 1.39. The molecule has 1 aromatic heterocycles. The lowest BCUT2D eigenvalue weighted by molar-refractivity contribution is 0.0569. The van der Waals surface area contributed by atoms with E-state index in [1.807, 2.05) is 4.90 Å². The topological polar surface area (TPSA) is 65.1 Å². The Morgan fingerprint density at radius 2 is 2.06 bits per heavy atom. The molecule has 0 saturated carbocycles. The van der Waals surface area contributed by atoms with E-state index in [-0.39, 0.29) is 17.6 Å².